The molecule has 0 saturated heterocycles. The fraction of sp³-hybridized carbons (Fsp3) is 1.00. The van der Waals surface area contributed by atoms with Crippen LogP contribution in [0.5, 0.6) is 0 Å². The molecule has 1 fully saturated rings. The third kappa shape index (κ3) is 6.42. The van der Waals surface area contributed by atoms with Gasteiger partial charge in [0.25, 0.3) is 0 Å². The fourth-order valence-corrected chi connectivity index (χ4v) is 3.03. The van der Waals surface area contributed by atoms with Gasteiger partial charge in [-0.05, 0) is 50.5 Å². The Hall–Kier alpha value is -0.0800. The van der Waals surface area contributed by atoms with Crippen molar-refractivity contribution in [3.63, 3.8) is 0 Å². The Morgan fingerprint density at radius 3 is 2.35 bits per heavy atom. The van der Waals surface area contributed by atoms with Crippen LogP contribution < -0.4 is 5.32 Å². The SMILES string of the molecule is CC(C)CC(C)(O)CNCC1CCC(C)CC1. The first kappa shape index (κ1) is 15.0. The van der Waals surface area contributed by atoms with E-state index in [9.17, 15) is 5.11 Å². The maximum atomic E-state index is 10.2. The highest BCUT2D eigenvalue weighted by Crippen LogP contribution is 2.27. The van der Waals surface area contributed by atoms with Crippen LogP contribution in [0.15, 0.2) is 0 Å². The summed E-state index contributed by atoms with van der Waals surface area (Å²) < 4.78 is 0. The van der Waals surface area contributed by atoms with Crippen molar-refractivity contribution in [2.24, 2.45) is 17.8 Å². The lowest BCUT2D eigenvalue weighted by Gasteiger charge is -2.29. The van der Waals surface area contributed by atoms with Crippen molar-refractivity contribution in [3.8, 4) is 0 Å². The smallest absolute Gasteiger partial charge is 0.0746 e. The Balaban J connectivity index is 2.14. The molecule has 0 aromatic carbocycles. The van der Waals surface area contributed by atoms with Crippen molar-refractivity contribution in [1.82, 2.24) is 5.32 Å². The third-order valence-corrected chi connectivity index (χ3v) is 3.92. The highest BCUT2D eigenvalue weighted by Gasteiger charge is 2.23. The fourth-order valence-electron chi connectivity index (χ4n) is 3.03. The molecule has 0 heterocycles. The highest BCUT2D eigenvalue weighted by atomic mass is 16.3. The van der Waals surface area contributed by atoms with Crippen LogP contribution in [0.4, 0.5) is 0 Å². The average molecular weight is 241 g/mol. The second kappa shape index (κ2) is 6.75. The molecule has 2 heteroatoms. The average Bonchev–Trinajstić information content (AvgIpc) is 2.18. The molecule has 2 nitrogen and oxygen atoms in total. The van der Waals surface area contributed by atoms with Crippen molar-refractivity contribution in [2.75, 3.05) is 13.1 Å². The van der Waals surface area contributed by atoms with E-state index in [1.807, 2.05) is 6.92 Å². The minimum Gasteiger partial charge on any atom is -0.389 e. The summed E-state index contributed by atoms with van der Waals surface area (Å²) in [5.74, 6) is 2.32. The number of rotatable bonds is 6. The van der Waals surface area contributed by atoms with Crippen molar-refractivity contribution in [3.05, 3.63) is 0 Å². The summed E-state index contributed by atoms with van der Waals surface area (Å²) in [6, 6.07) is 0. The number of nitrogens with one attached hydrogen (secondary N) is 1. The quantitative estimate of drug-likeness (QED) is 0.748. The molecule has 0 spiro atoms. The molecule has 17 heavy (non-hydrogen) atoms. The van der Waals surface area contributed by atoms with Gasteiger partial charge >= 0.3 is 0 Å². The second-order valence-electron chi connectivity index (χ2n) is 6.85. The first-order valence-corrected chi connectivity index (χ1v) is 7.32. The first-order valence-electron chi connectivity index (χ1n) is 7.32. The molecule has 1 rings (SSSR count). The summed E-state index contributed by atoms with van der Waals surface area (Å²) in [4.78, 5) is 0. The lowest BCUT2D eigenvalue weighted by Crippen LogP contribution is -2.41. The summed E-state index contributed by atoms with van der Waals surface area (Å²) in [6.45, 7) is 10.5. The van der Waals surface area contributed by atoms with Gasteiger partial charge in [0.1, 0.15) is 0 Å². The van der Waals surface area contributed by atoms with Gasteiger partial charge in [-0.2, -0.15) is 0 Å². The van der Waals surface area contributed by atoms with E-state index in [4.69, 9.17) is 0 Å². The summed E-state index contributed by atoms with van der Waals surface area (Å²) >= 11 is 0. The lowest BCUT2D eigenvalue weighted by molar-refractivity contribution is 0.0372. The van der Waals surface area contributed by atoms with E-state index >= 15 is 0 Å². The van der Waals surface area contributed by atoms with E-state index < -0.39 is 5.60 Å². The van der Waals surface area contributed by atoms with Crippen LogP contribution in [0.2, 0.25) is 0 Å². The first-order chi connectivity index (χ1) is 7.89. The topological polar surface area (TPSA) is 32.3 Å². The molecule has 0 aromatic heterocycles. The molecule has 0 bridgehead atoms. The Labute approximate surface area is 107 Å². The van der Waals surface area contributed by atoms with Crippen LogP contribution in [0.1, 0.15) is 59.8 Å². The van der Waals surface area contributed by atoms with E-state index in [0.717, 1.165) is 31.3 Å². The number of hydrogen-bond donors (Lipinski definition) is 2. The summed E-state index contributed by atoms with van der Waals surface area (Å²) in [6.07, 6.45) is 6.37. The Kier molecular flexibility index (Phi) is 5.94. The summed E-state index contributed by atoms with van der Waals surface area (Å²) in [5.41, 5.74) is -0.546. The molecule has 2 N–H and O–H groups in total. The van der Waals surface area contributed by atoms with Crippen LogP contribution >= 0.6 is 0 Å². The Bertz CT molecular complexity index is 205. The maximum Gasteiger partial charge on any atom is 0.0746 e. The minimum absolute atomic E-state index is 0.546. The second-order valence-corrected chi connectivity index (χ2v) is 6.85. The zero-order valence-electron chi connectivity index (χ0n) is 12.1. The van der Waals surface area contributed by atoms with Gasteiger partial charge in [0.15, 0.2) is 0 Å². The maximum absolute atomic E-state index is 10.2. The van der Waals surface area contributed by atoms with Crippen molar-refractivity contribution < 1.29 is 5.11 Å². The monoisotopic (exact) mass is 241 g/mol. The van der Waals surface area contributed by atoms with Gasteiger partial charge in [-0.15, -0.1) is 0 Å². The molecule has 0 aromatic rings. The van der Waals surface area contributed by atoms with Crippen LogP contribution in [-0.4, -0.2) is 23.8 Å². The lowest BCUT2D eigenvalue weighted by atomic mass is 9.83. The van der Waals surface area contributed by atoms with Gasteiger partial charge in [-0.3, -0.25) is 0 Å². The molecule has 1 atom stereocenters. The molecule has 1 saturated carbocycles. The van der Waals surface area contributed by atoms with E-state index in [-0.39, 0.29) is 0 Å². The van der Waals surface area contributed by atoms with E-state index in [1.165, 1.54) is 25.7 Å². The van der Waals surface area contributed by atoms with Gasteiger partial charge in [0, 0.05) is 6.54 Å². The molecule has 1 unspecified atom stereocenters. The largest absolute Gasteiger partial charge is 0.389 e. The van der Waals surface area contributed by atoms with Gasteiger partial charge in [0.2, 0.25) is 0 Å². The van der Waals surface area contributed by atoms with E-state index in [1.54, 1.807) is 0 Å². The van der Waals surface area contributed by atoms with Gasteiger partial charge < -0.3 is 10.4 Å². The van der Waals surface area contributed by atoms with Crippen LogP contribution in [0.25, 0.3) is 0 Å². The van der Waals surface area contributed by atoms with E-state index in [2.05, 4.69) is 26.1 Å². The predicted octanol–water partition coefficient (Wildman–Crippen LogP) is 3.20. The Morgan fingerprint density at radius 1 is 1.24 bits per heavy atom. The molecule has 0 aliphatic heterocycles. The molecular formula is C15H31NO. The van der Waals surface area contributed by atoms with Crippen molar-refractivity contribution in [1.29, 1.82) is 0 Å². The summed E-state index contributed by atoms with van der Waals surface area (Å²) in [7, 11) is 0. The van der Waals surface area contributed by atoms with Crippen LogP contribution in [0.3, 0.4) is 0 Å². The number of aliphatic hydroxyl groups is 1. The normalized spacial score (nSPS) is 29.3. The predicted molar refractivity (Wildman–Crippen MR) is 74.1 cm³/mol. The van der Waals surface area contributed by atoms with Gasteiger partial charge in [-0.25, -0.2) is 0 Å². The molecular weight excluding hydrogens is 210 g/mol. The zero-order chi connectivity index (χ0) is 12.9. The van der Waals surface area contributed by atoms with Crippen LogP contribution in [0, 0.1) is 17.8 Å². The molecule has 1 aliphatic rings. The summed E-state index contributed by atoms with van der Waals surface area (Å²) in [5, 5.41) is 13.7. The zero-order valence-corrected chi connectivity index (χ0v) is 12.1. The molecule has 102 valence electrons. The minimum atomic E-state index is -0.546. The molecule has 0 amide bonds. The number of hydrogen-bond acceptors (Lipinski definition) is 2. The third-order valence-electron chi connectivity index (χ3n) is 3.92. The van der Waals surface area contributed by atoms with Crippen molar-refractivity contribution in [2.45, 2.75) is 65.4 Å². The molecule has 1 aliphatic carbocycles. The highest BCUT2D eigenvalue weighted by molar-refractivity contribution is 4.78. The Morgan fingerprint density at radius 2 is 1.82 bits per heavy atom. The van der Waals surface area contributed by atoms with Crippen LogP contribution in [-0.2, 0) is 0 Å². The van der Waals surface area contributed by atoms with E-state index in [0.29, 0.717) is 5.92 Å². The standard InChI is InChI=1S/C15H31NO/c1-12(2)9-15(4,17)11-16-10-14-7-5-13(3)6-8-14/h12-14,16-17H,5-11H2,1-4H3. The van der Waals surface area contributed by atoms with Gasteiger partial charge in [0.05, 0.1) is 5.60 Å². The van der Waals surface area contributed by atoms with Gasteiger partial charge in [-0.1, -0.05) is 33.6 Å². The molecule has 0 radical (unpaired) electrons. The van der Waals surface area contributed by atoms with Crippen molar-refractivity contribution >= 4 is 0 Å².